The maximum absolute atomic E-state index is 13.5. The van der Waals surface area contributed by atoms with Gasteiger partial charge in [0.2, 0.25) is 0 Å². The Hall–Kier alpha value is -3.02. The highest BCUT2D eigenvalue weighted by atomic mass is 16.5. The van der Waals surface area contributed by atoms with E-state index in [0.29, 0.717) is 28.5 Å². The van der Waals surface area contributed by atoms with E-state index in [1.807, 2.05) is 23.1 Å². The van der Waals surface area contributed by atoms with Crippen LogP contribution in [0.5, 0.6) is 5.75 Å². The largest absolute Gasteiger partial charge is 0.497 e. The van der Waals surface area contributed by atoms with E-state index >= 15 is 0 Å². The van der Waals surface area contributed by atoms with Crippen molar-refractivity contribution in [1.82, 2.24) is 4.90 Å². The molecule has 2 aromatic rings. The number of nitrogens with zero attached hydrogens (tertiary/aromatic N) is 2. The molecule has 2 aliphatic heterocycles. The summed E-state index contributed by atoms with van der Waals surface area (Å²) < 4.78 is 5.23. The summed E-state index contributed by atoms with van der Waals surface area (Å²) in [6.07, 6.45) is 5.60. The van der Waals surface area contributed by atoms with Crippen molar-refractivity contribution in [3.05, 3.63) is 53.6 Å². The van der Waals surface area contributed by atoms with Crippen LogP contribution < -0.4 is 15.0 Å². The standard InChI is InChI=1S/C26H33N3O3/c1-19-11-15-29(16-12-19)26(31)23-18-21(9-10-24(23)28-13-4-3-5-14-28)27-25(30)20-7-6-8-22(17-20)32-2/h6-10,17-19H,3-5,11-16H2,1-2H3,(H,27,30). The predicted octanol–water partition coefficient (Wildman–Crippen LogP) is 4.81. The van der Waals surface area contributed by atoms with Gasteiger partial charge in [-0.05, 0) is 74.4 Å². The van der Waals surface area contributed by atoms with Crippen LogP contribution in [-0.4, -0.2) is 50.0 Å². The fourth-order valence-electron chi connectivity index (χ4n) is 4.55. The molecule has 0 spiro atoms. The molecule has 0 aromatic heterocycles. The van der Waals surface area contributed by atoms with Crippen LogP contribution in [0.3, 0.4) is 0 Å². The first-order valence-corrected chi connectivity index (χ1v) is 11.7. The van der Waals surface area contributed by atoms with E-state index in [9.17, 15) is 9.59 Å². The molecule has 2 heterocycles. The smallest absolute Gasteiger partial charge is 0.256 e. The van der Waals surface area contributed by atoms with Crippen LogP contribution in [0, 0.1) is 5.92 Å². The van der Waals surface area contributed by atoms with Crippen LogP contribution >= 0.6 is 0 Å². The Balaban J connectivity index is 1.60. The van der Waals surface area contributed by atoms with Gasteiger partial charge in [0, 0.05) is 43.1 Å². The maximum Gasteiger partial charge on any atom is 0.256 e. The Morgan fingerprint density at radius 1 is 0.969 bits per heavy atom. The van der Waals surface area contributed by atoms with Crippen LogP contribution in [-0.2, 0) is 0 Å². The second-order valence-electron chi connectivity index (χ2n) is 8.94. The lowest BCUT2D eigenvalue weighted by Gasteiger charge is -2.34. The van der Waals surface area contributed by atoms with Crippen molar-refractivity contribution >= 4 is 23.2 Å². The molecule has 170 valence electrons. The first-order chi connectivity index (χ1) is 15.5. The van der Waals surface area contributed by atoms with Crippen LogP contribution in [0.4, 0.5) is 11.4 Å². The molecule has 2 fully saturated rings. The molecule has 2 aliphatic rings. The highest BCUT2D eigenvalue weighted by molar-refractivity contribution is 6.06. The summed E-state index contributed by atoms with van der Waals surface area (Å²) in [5.41, 5.74) is 2.81. The number of benzene rings is 2. The van der Waals surface area contributed by atoms with E-state index in [1.54, 1.807) is 31.4 Å². The van der Waals surface area contributed by atoms with Gasteiger partial charge >= 0.3 is 0 Å². The minimum Gasteiger partial charge on any atom is -0.497 e. The number of rotatable bonds is 5. The molecule has 2 amide bonds. The third-order valence-electron chi connectivity index (χ3n) is 6.58. The average Bonchev–Trinajstić information content (AvgIpc) is 2.84. The van der Waals surface area contributed by atoms with Crippen molar-refractivity contribution in [3.8, 4) is 5.75 Å². The highest BCUT2D eigenvalue weighted by Crippen LogP contribution is 2.30. The highest BCUT2D eigenvalue weighted by Gasteiger charge is 2.26. The number of carbonyl (C=O) groups excluding carboxylic acids is 2. The predicted molar refractivity (Wildman–Crippen MR) is 128 cm³/mol. The topological polar surface area (TPSA) is 61.9 Å². The van der Waals surface area contributed by atoms with Crippen molar-refractivity contribution in [3.63, 3.8) is 0 Å². The Morgan fingerprint density at radius 3 is 2.44 bits per heavy atom. The van der Waals surface area contributed by atoms with Gasteiger partial charge in [-0.3, -0.25) is 9.59 Å². The summed E-state index contributed by atoms with van der Waals surface area (Å²) in [5, 5.41) is 2.96. The van der Waals surface area contributed by atoms with E-state index < -0.39 is 0 Å². The first-order valence-electron chi connectivity index (χ1n) is 11.7. The molecule has 0 atom stereocenters. The van der Waals surface area contributed by atoms with Crippen molar-refractivity contribution in [2.45, 2.75) is 39.0 Å². The molecule has 0 saturated carbocycles. The van der Waals surface area contributed by atoms with Gasteiger partial charge in [-0.15, -0.1) is 0 Å². The second kappa shape index (κ2) is 10.1. The zero-order valence-corrected chi connectivity index (χ0v) is 19.1. The number of nitrogens with one attached hydrogen (secondary N) is 1. The number of likely N-dealkylation sites (tertiary alicyclic amines) is 1. The number of carbonyl (C=O) groups is 2. The zero-order chi connectivity index (χ0) is 22.5. The van der Waals surface area contributed by atoms with Gasteiger partial charge in [-0.2, -0.15) is 0 Å². The van der Waals surface area contributed by atoms with Gasteiger partial charge in [-0.1, -0.05) is 13.0 Å². The molecule has 6 nitrogen and oxygen atoms in total. The molecule has 32 heavy (non-hydrogen) atoms. The van der Waals surface area contributed by atoms with Gasteiger partial charge < -0.3 is 19.9 Å². The number of amides is 2. The van der Waals surface area contributed by atoms with Crippen LogP contribution in [0.15, 0.2) is 42.5 Å². The number of anilines is 2. The van der Waals surface area contributed by atoms with E-state index in [1.165, 1.54) is 6.42 Å². The molecule has 0 unspecified atom stereocenters. The summed E-state index contributed by atoms with van der Waals surface area (Å²) in [6.45, 7) is 5.76. The van der Waals surface area contributed by atoms with Gasteiger partial charge in [0.1, 0.15) is 5.75 Å². The van der Waals surface area contributed by atoms with Crippen molar-refractivity contribution < 1.29 is 14.3 Å². The molecule has 6 heteroatoms. The van der Waals surface area contributed by atoms with E-state index in [0.717, 1.165) is 57.5 Å². The minimum absolute atomic E-state index is 0.0648. The lowest BCUT2D eigenvalue weighted by Crippen LogP contribution is -2.39. The lowest BCUT2D eigenvalue weighted by atomic mass is 9.98. The number of hydrogen-bond donors (Lipinski definition) is 1. The van der Waals surface area contributed by atoms with Gasteiger partial charge in [0.05, 0.1) is 12.7 Å². The third-order valence-corrected chi connectivity index (χ3v) is 6.58. The summed E-state index contributed by atoms with van der Waals surface area (Å²) in [7, 11) is 1.58. The molecule has 2 aromatic carbocycles. The molecule has 1 N–H and O–H groups in total. The number of hydrogen-bond acceptors (Lipinski definition) is 4. The monoisotopic (exact) mass is 435 g/mol. The van der Waals surface area contributed by atoms with Crippen molar-refractivity contribution in [1.29, 1.82) is 0 Å². The maximum atomic E-state index is 13.5. The number of methoxy groups -OCH3 is 1. The normalized spacial score (nSPS) is 17.2. The van der Waals surface area contributed by atoms with E-state index in [-0.39, 0.29) is 11.8 Å². The molecular formula is C26H33N3O3. The van der Waals surface area contributed by atoms with E-state index in [4.69, 9.17) is 4.74 Å². The molecular weight excluding hydrogens is 402 g/mol. The summed E-state index contributed by atoms with van der Waals surface area (Å²) >= 11 is 0. The molecule has 0 radical (unpaired) electrons. The van der Waals surface area contributed by atoms with Crippen LogP contribution in [0.25, 0.3) is 0 Å². The molecule has 2 saturated heterocycles. The average molecular weight is 436 g/mol. The molecule has 0 aliphatic carbocycles. The quantitative estimate of drug-likeness (QED) is 0.732. The van der Waals surface area contributed by atoms with E-state index in [2.05, 4.69) is 17.1 Å². The van der Waals surface area contributed by atoms with Gasteiger partial charge in [0.25, 0.3) is 11.8 Å². The van der Waals surface area contributed by atoms with Crippen LogP contribution in [0.2, 0.25) is 0 Å². The van der Waals surface area contributed by atoms with Gasteiger partial charge in [0.15, 0.2) is 0 Å². The Morgan fingerprint density at radius 2 is 1.72 bits per heavy atom. The minimum atomic E-state index is -0.222. The summed E-state index contributed by atoms with van der Waals surface area (Å²) in [4.78, 5) is 30.6. The Labute approximate surface area is 190 Å². The zero-order valence-electron chi connectivity index (χ0n) is 19.1. The SMILES string of the molecule is COc1cccc(C(=O)Nc2ccc(N3CCCCC3)c(C(=O)N3CCC(C)CC3)c2)c1. The lowest BCUT2D eigenvalue weighted by molar-refractivity contribution is 0.0697. The first kappa shape index (κ1) is 22.2. The summed E-state index contributed by atoms with van der Waals surface area (Å²) in [5.74, 6) is 1.14. The Bertz CT molecular complexity index is 961. The second-order valence-corrected chi connectivity index (χ2v) is 8.94. The fourth-order valence-corrected chi connectivity index (χ4v) is 4.55. The third kappa shape index (κ3) is 5.06. The van der Waals surface area contributed by atoms with Crippen molar-refractivity contribution in [2.24, 2.45) is 5.92 Å². The number of ether oxygens (including phenoxy) is 1. The number of piperidine rings is 2. The van der Waals surface area contributed by atoms with Crippen molar-refractivity contribution in [2.75, 3.05) is 43.5 Å². The van der Waals surface area contributed by atoms with Gasteiger partial charge in [-0.25, -0.2) is 0 Å². The van der Waals surface area contributed by atoms with Crippen LogP contribution in [0.1, 0.15) is 59.7 Å². The Kier molecular flexibility index (Phi) is 6.98. The summed E-state index contributed by atoms with van der Waals surface area (Å²) in [6, 6.07) is 12.8. The molecule has 0 bridgehead atoms. The fraction of sp³-hybridized carbons (Fsp3) is 0.462. The molecule has 4 rings (SSSR count).